The maximum atomic E-state index is 12.4. The van der Waals surface area contributed by atoms with Crippen molar-refractivity contribution in [2.75, 3.05) is 11.1 Å². The minimum atomic E-state index is -0.535. The number of benzene rings is 1. The fraction of sp³-hybridized carbons (Fsp3) is 0.200. The highest BCUT2D eigenvalue weighted by atomic mass is 16.2. The van der Waals surface area contributed by atoms with E-state index in [9.17, 15) is 4.79 Å². The number of hydrogen-bond acceptors (Lipinski definition) is 3. The van der Waals surface area contributed by atoms with E-state index in [0.717, 1.165) is 22.6 Å². The van der Waals surface area contributed by atoms with Crippen LogP contribution in [0.25, 0.3) is 0 Å². The summed E-state index contributed by atoms with van der Waals surface area (Å²) >= 11 is 0. The Morgan fingerprint density at radius 1 is 1.21 bits per heavy atom. The van der Waals surface area contributed by atoms with Crippen LogP contribution in [0.3, 0.4) is 0 Å². The molecule has 4 nitrogen and oxygen atoms in total. The van der Waals surface area contributed by atoms with Crippen molar-refractivity contribution in [1.82, 2.24) is 4.98 Å². The van der Waals surface area contributed by atoms with Crippen molar-refractivity contribution in [2.45, 2.75) is 18.3 Å². The second-order valence-corrected chi connectivity index (χ2v) is 5.32. The number of rotatable bonds is 0. The number of fused-ring (bicyclic) bond motifs is 3. The van der Waals surface area contributed by atoms with E-state index in [1.165, 1.54) is 5.56 Å². The molecule has 1 atom stereocenters. The van der Waals surface area contributed by atoms with Crippen molar-refractivity contribution in [3.63, 3.8) is 0 Å². The molecule has 1 aliphatic heterocycles. The van der Waals surface area contributed by atoms with Crippen LogP contribution in [-0.4, -0.2) is 10.9 Å². The number of amides is 1. The normalized spacial score (nSPS) is 23.3. The lowest BCUT2D eigenvalue weighted by Gasteiger charge is -2.19. The third-order valence-electron chi connectivity index (χ3n) is 4.16. The fourth-order valence-corrected chi connectivity index (χ4v) is 3.26. The molecule has 4 rings (SSSR count). The number of nitrogen functional groups attached to an aromatic ring is 1. The summed E-state index contributed by atoms with van der Waals surface area (Å²) in [5.41, 5.74) is 10.1. The van der Waals surface area contributed by atoms with E-state index in [1.807, 2.05) is 30.3 Å². The van der Waals surface area contributed by atoms with Gasteiger partial charge in [0.25, 0.3) is 0 Å². The van der Waals surface area contributed by atoms with Crippen LogP contribution in [0, 0.1) is 0 Å². The van der Waals surface area contributed by atoms with Gasteiger partial charge in [0.2, 0.25) is 5.91 Å². The highest BCUT2D eigenvalue weighted by molar-refractivity contribution is 6.06. The van der Waals surface area contributed by atoms with Gasteiger partial charge >= 0.3 is 0 Å². The van der Waals surface area contributed by atoms with Gasteiger partial charge in [-0.05, 0) is 48.2 Å². The van der Waals surface area contributed by atoms with E-state index in [2.05, 4.69) is 10.3 Å². The van der Waals surface area contributed by atoms with Crippen molar-refractivity contribution >= 4 is 17.3 Å². The minimum absolute atomic E-state index is 0.0518. The van der Waals surface area contributed by atoms with Crippen molar-refractivity contribution in [2.24, 2.45) is 0 Å². The number of anilines is 2. The second-order valence-electron chi connectivity index (χ2n) is 5.32. The molecular formula is C15H13N3O. The van der Waals surface area contributed by atoms with E-state index in [-0.39, 0.29) is 5.91 Å². The van der Waals surface area contributed by atoms with Gasteiger partial charge in [-0.15, -0.1) is 0 Å². The van der Waals surface area contributed by atoms with Gasteiger partial charge in [0.15, 0.2) is 0 Å². The molecule has 2 aromatic rings. The highest BCUT2D eigenvalue weighted by Crippen LogP contribution is 2.46. The number of aromatic nitrogens is 1. The van der Waals surface area contributed by atoms with Crippen molar-refractivity contribution in [3.8, 4) is 0 Å². The molecule has 2 aliphatic rings. The van der Waals surface area contributed by atoms with Crippen LogP contribution in [0.2, 0.25) is 0 Å². The number of pyridine rings is 1. The predicted octanol–water partition coefficient (Wildman–Crippen LogP) is 1.65. The molecule has 3 N–H and O–H groups in total. The van der Waals surface area contributed by atoms with E-state index in [0.29, 0.717) is 12.8 Å². The average molecular weight is 251 g/mol. The largest absolute Gasteiger partial charge is 0.399 e. The Labute approximate surface area is 110 Å². The monoisotopic (exact) mass is 251 g/mol. The lowest BCUT2D eigenvalue weighted by atomic mass is 9.82. The van der Waals surface area contributed by atoms with Crippen molar-refractivity contribution in [3.05, 3.63) is 53.3 Å². The number of nitrogens with one attached hydrogen (secondary N) is 1. The van der Waals surface area contributed by atoms with Gasteiger partial charge in [-0.2, -0.15) is 0 Å². The molecular weight excluding hydrogens is 238 g/mol. The zero-order valence-electron chi connectivity index (χ0n) is 10.3. The quantitative estimate of drug-likeness (QED) is 0.700. The van der Waals surface area contributed by atoms with Gasteiger partial charge in [0.05, 0.1) is 11.4 Å². The Morgan fingerprint density at radius 2 is 2.05 bits per heavy atom. The number of carbonyl (C=O) groups excluding carboxylic acids is 1. The lowest BCUT2D eigenvalue weighted by molar-refractivity contribution is -0.120. The first kappa shape index (κ1) is 10.6. The standard InChI is InChI=1S/C15H13N3O/c16-11-4-3-9-7-15(8-10(9)6-11)13-12(18-14(15)19)2-1-5-17-13/h1-6H,7-8,16H2,(H,18,19). The first-order chi connectivity index (χ1) is 9.19. The second kappa shape index (κ2) is 3.35. The maximum Gasteiger partial charge on any atom is 0.237 e. The molecule has 4 heteroatoms. The van der Waals surface area contributed by atoms with Crippen molar-refractivity contribution in [1.29, 1.82) is 0 Å². The zero-order valence-corrected chi connectivity index (χ0v) is 10.3. The Hall–Kier alpha value is -2.36. The van der Waals surface area contributed by atoms with Gasteiger partial charge in [-0.1, -0.05) is 6.07 Å². The van der Waals surface area contributed by atoms with E-state index >= 15 is 0 Å². The van der Waals surface area contributed by atoms with Gasteiger partial charge in [-0.25, -0.2) is 0 Å². The molecule has 1 amide bonds. The van der Waals surface area contributed by atoms with Crippen LogP contribution < -0.4 is 11.1 Å². The lowest BCUT2D eigenvalue weighted by Crippen LogP contribution is -2.35. The summed E-state index contributed by atoms with van der Waals surface area (Å²) in [4.78, 5) is 16.9. The van der Waals surface area contributed by atoms with E-state index in [4.69, 9.17) is 5.73 Å². The third kappa shape index (κ3) is 1.28. The SMILES string of the molecule is Nc1ccc2c(c1)CC1(C2)C(=O)Nc2cccnc21. The molecule has 1 spiro atoms. The van der Waals surface area contributed by atoms with Gasteiger partial charge in [0.1, 0.15) is 5.41 Å². The van der Waals surface area contributed by atoms with Crippen LogP contribution in [0.5, 0.6) is 0 Å². The van der Waals surface area contributed by atoms with Crippen molar-refractivity contribution < 1.29 is 4.79 Å². The van der Waals surface area contributed by atoms with Crippen LogP contribution in [0.1, 0.15) is 16.8 Å². The molecule has 0 saturated heterocycles. The number of nitrogens with zero attached hydrogens (tertiary/aromatic N) is 1. The Bertz CT molecular complexity index is 710. The molecule has 94 valence electrons. The molecule has 0 saturated carbocycles. The molecule has 0 fully saturated rings. The minimum Gasteiger partial charge on any atom is -0.399 e. The molecule has 0 bridgehead atoms. The van der Waals surface area contributed by atoms with E-state index < -0.39 is 5.41 Å². The molecule has 0 radical (unpaired) electrons. The summed E-state index contributed by atoms with van der Waals surface area (Å²) in [6, 6.07) is 9.64. The molecule has 19 heavy (non-hydrogen) atoms. The smallest absolute Gasteiger partial charge is 0.237 e. The average Bonchev–Trinajstić information content (AvgIpc) is 2.90. The zero-order chi connectivity index (χ0) is 13.0. The van der Waals surface area contributed by atoms with Crippen LogP contribution >= 0.6 is 0 Å². The first-order valence-electron chi connectivity index (χ1n) is 6.33. The Kier molecular flexibility index (Phi) is 1.86. The molecule has 1 aromatic carbocycles. The molecule has 1 aliphatic carbocycles. The van der Waals surface area contributed by atoms with Crippen LogP contribution in [0.15, 0.2) is 36.5 Å². The summed E-state index contributed by atoms with van der Waals surface area (Å²) in [5.74, 6) is 0.0518. The Balaban J connectivity index is 1.88. The van der Waals surface area contributed by atoms with Crippen LogP contribution in [-0.2, 0) is 23.1 Å². The fourth-order valence-electron chi connectivity index (χ4n) is 3.26. The maximum absolute atomic E-state index is 12.4. The Morgan fingerprint density at radius 3 is 2.95 bits per heavy atom. The topological polar surface area (TPSA) is 68.0 Å². The van der Waals surface area contributed by atoms with E-state index in [1.54, 1.807) is 6.20 Å². The summed E-state index contributed by atoms with van der Waals surface area (Å²) in [6.07, 6.45) is 3.14. The summed E-state index contributed by atoms with van der Waals surface area (Å²) in [5, 5.41) is 2.95. The molecule has 1 unspecified atom stereocenters. The van der Waals surface area contributed by atoms with Gasteiger partial charge < -0.3 is 11.1 Å². The predicted molar refractivity (Wildman–Crippen MR) is 72.8 cm³/mol. The molecule has 1 aromatic heterocycles. The number of carbonyl (C=O) groups is 1. The summed E-state index contributed by atoms with van der Waals surface area (Å²) in [6.45, 7) is 0. The number of hydrogen-bond donors (Lipinski definition) is 2. The van der Waals surface area contributed by atoms with Gasteiger partial charge in [-0.3, -0.25) is 9.78 Å². The highest BCUT2D eigenvalue weighted by Gasteiger charge is 2.51. The van der Waals surface area contributed by atoms with Gasteiger partial charge in [0, 0.05) is 11.9 Å². The summed E-state index contributed by atoms with van der Waals surface area (Å²) in [7, 11) is 0. The third-order valence-corrected chi connectivity index (χ3v) is 4.16. The number of nitrogens with two attached hydrogens (primary N) is 1. The van der Waals surface area contributed by atoms with Crippen LogP contribution in [0.4, 0.5) is 11.4 Å². The molecule has 2 heterocycles. The first-order valence-corrected chi connectivity index (χ1v) is 6.33. The summed E-state index contributed by atoms with van der Waals surface area (Å²) < 4.78 is 0.